The minimum absolute atomic E-state index is 0.389. The first-order valence-electron chi connectivity index (χ1n) is 8.67. The van der Waals surface area contributed by atoms with E-state index in [0.29, 0.717) is 26.6 Å². The van der Waals surface area contributed by atoms with Gasteiger partial charge in [-0.3, -0.25) is 4.98 Å². The first-order valence-corrected chi connectivity index (χ1v) is 9.83. The number of aromatic nitrogens is 2. The summed E-state index contributed by atoms with van der Waals surface area (Å²) in [5, 5.41) is 8.74. The van der Waals surface area contributed by atoms with Crippen LogP contribution < -0.4 is 15.4 Å². The third kappa shape index (κ3) is 4.45. The Kier molecular flexibility index (Phi) is 5.58. The molecule has 146 valence electrons. The number of nitrogens with zero attached hydrogens (tertiary/aromatic N) is 1. The van der Waals surface area contributed by atoms with E-state index in [-0.39, 0.29) is 0 Å². The van der Waals surface area contributed by atoms with Crippen molar-refractivity contribution in [3.63, 3.8) is 0 Å². The molecule has 8 heteroatoms. The van der Waals surface area contributed by atoms with E-state index in [9.17, 15) is 0 Å². The number of thiocarbonyl (C=S) groups is 1. The number of ether oxygens (including phenoxy) is 1. The zero-order chi connectivity index (χ0) is 20.4. The summed E-state index contributed by atoms with van der Waals surface area (Å²) < 4.78 is 5.47. The van der Waals surface area contributed by atoms with Crippen molar-refractivity contribution >= 4 is 62.8 Å². The second-order valence-corrected chi connectivity index (χ2v) is 7.58. The lowest BCUT2D eigenvalue weighted by Crippen LogP contribution is -2.19. The molecule has 5 nitrogen and oxygen atoms in total. The zero-order valence-electron chi connectivity index (χ0n) is 15.3. The number of H-pyrrole nitrogens is 1. The molecule has 0 fully saturated rings. The van der Waals surface area contributed by atoms with Crippen LogP contribution in [0.4, 0.5) is 11.4 Å². The molecule has 4 aromatic rings. The minimum Gasteiger partial charge on any atom is -0.495 e. The molecule has 0 saturated heterocycles. The van der Waals surface area contributed by atoms with E-state index in [1.54, 1.807) is 31.5 Å². The summed E-state index contributed by atoms with van der Waals surface area (Å²) in [6.45, 7) is 0. The van der Waals surface area contributed by atoms with E-state index in [0.717, 1.165) is 27.8 Å². The third-order valence-electron chi connectivity index (χ3n) is 4.30. The Morgan fingerprint density at radius 3 is 2.55 bits per heavy atom. The molecule has 3 N–H and O–H groups in total. The molecule has 29 heavy (non-hydrogen) atoms. The second-order valence-electron chi connectivity index (χ2n) is 6.30. The van der Waals surface area contributed by atoms with Gasteiger partial charge in [0.1, 0.15) is 5.75 Å². The number of benzene rings is 2. The molecular formula is C21H16Cl2N4OS. The van der Waals surface area contributed by atoms with Crippen molar-refractivity contribution in [2.75, 3.05) is 17.7 Å². The van der Waals surface area contributed by atoms with Gasteiger partial charge in [0.15, 0.2) is 5.11 Å². The Bertz CT molecular complexity index is 1160. The summed E-state index contributed by atoms with van der Waals surface area (Å²) in [6.07, 6.45) is 3.59. The van der Waals surface area contributed by atoms with Gasteiger partial charge in [-0.25, -0.2) is 0 Å². The third-order valence-corrected chi connectivity index (χ3v) is 4.94. The lowest BCUT2D eigenvalue weighted by molar-refractivity contribution is 0.417. The maximum Gasteiger partial charge on any atom is 0.175 e. The standard InChI is InChI=1S/C21H16Cl2N4OS/c1-28-20-3-2-12(18-7-13-11-24-5-4-17(13)26-18)6-19(20)27-21(29)25-16-9-14(22)8-15(23)10-16/h2-11,26H,1H3,(H2,25,27,29). The molecular weight excluding hydrogens is 427 g/mol. The monoisotopic (exact) mass is 442 g/mol. The summed E-state index contributed by atoms with van der Waals surface area (Å²) in [5.41, 5.74) is 4.40. The number of fused-ring (bicyclic) bond motifs is 1. The fourth-order valence-corrected chi connectivity index (χ4v) is 3.77. The number of anilines is 2. The number of nitrogens with one attached hydrogen (secondary N) is 3. The van der Waals surface area contributed by atoms with Gasteiger partial charge in [-0.2, -0.15) is 0 Å². The fourth-order valence-electron chi connectivity index (χ4n) is 3.01. The van der Waals surface area contributed by atoms with Crippen molar-refractivity contribution < 1.29 is 4.74 Å². The molecule has 0 unspecified atom stereocenters. The van der Waals surface area contributed by atoms with Crippen LogP contribution in [0.5, 0.6) is 5.75 Å². The van der Waals surface area contributed by atoms with Crippen LogP contribution in [0.15, 0.2) is 60.9 Å². The normalized spacial score (nSPS) is 10.7. The number of pyridine rings is 1. The van der Waals surface area contributed by atoms with E-state index < -0.39 is 0 Å². The Morgan fingerprint density at radius 1 is 1.03 bits per heavy atom. The van der Waals surface area contributed by atoms with Gasteiger partial charge in [-0.05, 0) is 60.7 Å². The lowest BCUT2D eigenvalue weighted by atomic mass is 10.1. The number of methoxy groups -OCH3 is 1. The predicted molar refractivity (Wildman–Crippen MR) is 124 cm³/mol. The molecule has 4 rings (SSSR count). The quantitative estimate of drug-likeness (QED) is 0.321. The average Bonchev–Trinajstić information content (AvgIpc) is 3.11. The molecule has 0 atom stereocenters. The average molecular weight is 443 g/mol. The van der Waals surface area contributed by atoms with Crippen LogP contribution in [0.2, 0.25) is 10.0 Å². The van der Waals surface area contributed by atoms with Crippen LogP contribution in [0.25, 0.3) is 22.2 Å². The van der Waals surface area contributed by atoms with Crippen LogP contribution in [-0.2, 0) is 0 Å². The SMILES string of the molecule is COc1ccc(-c2cc3cnccc3[nH]2)cc1NC(=S)Nc1cc(Cl)cc(Cl)c1. The zero-order valence-corrected chi connectivity index (χ0v) is 17.6. The highest BCUT2D eigenvalue weighted by Gasteiger charge is 2.10. The largest absolute Gasteiger partial charge is 0.495 e. The van der Waals surface area contributed by atoms with Gasteiger partial charge in [0.25, 0.3) is 0 Å². The molecule has 0 aliphatic heterocycles. The van der Waals surface area contributed by atoms with Gasteiger partial charge in [0, 0.05) is 50.3 Å². The summed E-state index contributed by atoms with van der Waals surface area (Å²) in [7, 11) is 1.61. The molecule has 2 aromatic heterocycles. The van der Waals surface area contributed by atoms with E-state index in [4.69, 9.17) is 40.2 Å². The highest BCUT2D eigenvalue weighted by molar-refractivity contribution is 7.80. The second kappa shape index (κ2) is 8.29. The molecule has 0 aliphatic rings. The predicted octanol–water partition coefficient (Wildman–Crippen LogP) is 6.35. The van der Waals surface area contributed by atoms with E-state index in [2.05, 4.69) is 26.7 Å². The van der Waals surface area contributed by atoms with E-state index in [1.165, 1.54) is 0 Å². The van der Waals surface area contributed by atoms with Gasteiger partial charge in [0.05, 0.1) is 12.8 Å². The fraction of sp³-hybridized carbons (Fsp3) is 0.0476. The Hall–Kier alpha value is -2.80. The smallest absolute Gasteiger partial charge is 0.175 e. The molecule has 0 aliphatic carbocycles. The lowest BCUT2D eigenvalue weighted by Gasteiger charge is -2.15. The summed E-state index contributed by atoms with van der Waals surface area (Å²) in [4.78, 5) is 7.56. The van der Waals surface area contributed by atoms with Crippen LogP contribution in [0, 0.1) is 0 Å². The Balaban J connectivity index is 1.60. The minimum atomic E-state index is 0.389. The van der Waals surface area contributed by atoms with E-state index >= 15 is 0 Å². The number of rotatable bonds is 4. The number of hydrogen-bond donors (Lipinski definition) is 3. The van der Waals surface area contributed by atoms with Crippen molar-refractivity contribution in [1.82, 2.24) is 9.97 Å². The summed E-state index contributed by atoms with van der Waals surface area (Å²) in [5.74, 6) is 0.666. The Labute approximate surface area is 183 Å². The first kappa shape index (κ1) is 19.5. The van der Waals surface area contributed by atoms with Gasteiger partial charge < -0.3 is 20.4 Å². The number of hydrogen-bond acceptors (Lipinski definition) is 3. The van der Waals surface area contributed by atoms with Crippen molar-refractivity contribution in [2.24, 2.45) is 0 Å². The van der Waals surface area contributed by atoms with Crippen LogP contribution in [0.1, 0.15) is 0 Å². The molecule has 0 saturated carbocycles. The van der Waals surface area contributed by atoms with Crippen LogP contribution >= 0.6 is 35.4 Å². The van der Waals surface area contributed by atoms with Gasteiger partial charge in [-0.15, -0.1) is 0 Å². The molecule has 0 amide bonds. The highest BCUT2D eigenvalue weighted by atomic mass is 35.5. The van der Waals surface area contributed by atoms with Gasteiger partial charge >= 0.3 is 0 Å². The number of aromatic amines is 1. The first-order chi connectivity index (χ1) is 14.0. The van der Waals surface area contributed by atoms with Gasteiger partial charge in [-0.1, -0.05) is 23.2 Å². The van der Waals surface area contributed by atoms with Crippen LogP contribution in [-0.4, -0.2) is 22.2 Å². The van der Waals surface area contributed by atoms with Crippen molar-refractivity contribution in [2.45, 2.75) is 0 Å². The maximum absolute atomic E-state index is 6.05. The summed E-state index contributed by atoms with van der Waals surface area (Å²) >= 11 is 17.5. The van der Waals surface area contributed by atoms with Gasteiger partial charge in [0.2, 0.25) is 0 Å². The Morgan fingerprint density at radius 2 is 1.83 bits per heavy atom. The highest BCUT2D eigenvalue weighted by Crippen LogP contribution is 2.32. The molecule has 2 heterocycles. The maximum atomic E-state index is 6.05. The van der Waals surface area contributed by atoms with Crippen molar-refractivity contribution in [3.05, 3.63) is 71.0 Å². The topological polar surface area (TPSA) is 62.0 Å². The van der Waals surface area contributed by atoms with Crippen molar-refractivity contribution in [1.29, 1.82) is 0 Å². The van der Waals surface area contributed by atoms with E-state index in [1.807, 2.05) is 30.5 Å². The molecule has 0 bridgehead atoms. The van der Waals surface area contributed by atoms with Crippen LogP contribution in [0.3, 0.4) is 0 Å². The molecule has 0 radical (unpaired) electrons. The molecule has 0 spiro atoms. The van der Waals surface area contributed by atoms with Crippen molar-refractivity contribution in [3.8, 4) is 17.0 Å². The summed E-state index contributed by atoms with van der Waals surface area (Å²) in [6, 6.07) is 15.0. The number of halogens is 2. The molecule has 2 aromatic carbocycles.